The number of amides is 1. The van der Waals surface area contributed by atoms with Crippen molar-refractivity contribution >= 4 is 23.3 Å². The summed E-state index contributed by atoms with van der Waals surface area (Å²) < 4.78 is 4.79. The molecule has 0 atom stereocenters. The molecule has 0 aliphatic heterocycles. The lowest BCUT2D eigenvalue weighted by Crippen LogP contribution is -2.11. The standard InChI is InChI=1S/C11H9N3O3S/c1-7-12-11(17-14-7)13-10(16)9-8(3-2-5-15)4-6-18-9/h4,6,15H,5H2,1H3,(H,12,13,14,16). The average molecular weight is 263 g/mol. The van der Waals surface area contributed by atoms with Gasteiger partial charge >= 0.3 is 6.01 Å². The lowest BCUT2D eigenvalue weighted by atomic mass is 10.2. The van der Waals surface area contributed by atoms with Gasteiger partial charge in [-0.25, -0.2) is 0 Å². The predicted molar refractivity (Wildman–Crippen MR) is 65.3 cm³/mol. The molecule has 0 bridgehead atoms. The van der Waals surface area contributed by atoms with Crippen molar-refractivity contribution in [3.8, 4) is 11.8 Å². The highest BCUT2D eigenvalue weighted by molar-refractivity contribution is 7.12. The van der Waals surface area contributed by atoms with E-state index in [0.29, 0.717) is 16.3 Å². The molecule has 2 aromatic rings. The second kappa shape index (κ2) is 5.44. The number of nitrogens with one attached hydrogen (secondary N) is 1. The first kappa shape index (κ1) is 12.3. The van der Waals surface area contributed by atoms with Crippen LogP contribution in [-0.4, -0.2) is 27.8 Å². The van der Waals surface area contributed by atoms with Crippen molar-refractivity contribution in [2.75, 3.05) is 11.9 Å². The first-order valence-corrected chi connectivity index (χ1v) is 5.87. The number of hydrogen-bond donors (Lipinski definition) is 2. The van der Waals surface area contributed by atoms with Gasteiger partial charge in [0.2, 0.25) is 0 Å². The SMILES string of the molecule is Cc1noc(NC(=O)c2sccc2C#CCO)n1. The topological polar surface area (TPSA) is 88.2 Å². The fraction of sp³-hybridized carbons (Fsp3) is 0.182. The average Bonchev–Trinajstić information content (AvgIpc) is 2.95. The minimum absolute atomic E-state index is 0.0481. The van der Waals surface area contributed by atoms with E-state index in [1.54, 1.807) is 18.4 Å². The predicted octanol–water partition coefficient (Wildman–Crippen LogP) is 1.04. The van der Waals surface area contributed by atoms with E-state index in [1.165, 1.54) is 11.3 Å². The smallest absolute Gasteiger partial charge is 0.328 e. The number of aliphatic hydroxyl groups is 1. The van der Waals surface area contributed by atoms with Crippen molar-refractivity contribution in [1.29, 1.82) is 0 Å². The molecule has 6 nitrogen and oxygen atoms in total. The maximum absolute atomic E-state index is 11.9. The van der Waals surface area contributed by atoms with E-state index in [1.807, 2.05) is 0 Å². The van der Waals surface area contributed by atoms with Gasteiger partial charge in [-0.2, -0.15) is 4.98 Å². The summed E-state index contributed by atoms with van der Waals surface area (Å²) in [7, 11) is 0. The zero-order chi connectivity index (χ0) is 13.0. The third-order valence-corrected chi connectivity index (χ3v) is 2.83. The summed E-state index contributed by atoms with van der Waals surface area (Å²) in [6, 6.07) is 1.76. The number of nitrogens with zero attached hydrogens (tertiary/aromatic N) is 2. The van der Waals surface area contributed by atoms with E-state index in [-0.39, 0.29) is 18.5 Å². The van der Waals surface area contributed by atoms with Crippen molar-refractivity contribution in [1.82, 2.24) is 10.1 Å². The van der Waals surface area contributed by atoms with Crippen LogP contribution in [0.1, 0.15) is 21.1 Å². The minimum Gasteiger partial charge on any atom is -0.384 e. The molecule has 2 aromatic heterocycles. The van der Waals surface area contributed by atoms with Crippen LogP contribution < -0.4 is 5.32 Å². The summed E-state index contributed by atoms with van der Waals surface area (Å²) in [6.45, 7) is 1.40. The fourth-order valence-electron chi connectivity index (χ4n) is 1.22. The van der Waals surface area contributed by atoms with Gasteiger partial charge in [-0.05, 0) is 18.4 Å². The third kappa shape index (κ3) is 2.74. The van der Waals surface area contributed by atoms with E-state index in [9.17, 15) is 4.79 Å². The molecule has 1 amide bonds. The van der Waals surface area contributed by atoms with Gasteiger partial charge in [0.1, 0.15) is 11.5 Å². The zero-order valence-electron chi connectivity index (χ0n) is 9.43. The Bertz CT molecular complexity index is 621. The molecule has 92 valence electrons. The number of carbonyl (C=O) groups excluding carboxylic acids is 1. The molecular weight excluding hydrogens is 254 g/mol. The highest BCUT2D eigenvalue weighted by Crippen LogP contribution is 2.17. The Morgan fingerprint density at radius 3 is 3.17 bits per heavy atom. The Hall–Kier alpha value is -2.17. The molecule has 0 aliphatic rings. The van der Waals surface area contributed by atoms with E-state index in [2.05, 4.69) is 27.3 Å². The van der Waals surface area contributed by atoms with Crippen molar-refractivity contribution in [2.24, 2.45) is 0 Å². The van der Waals surface area contributed by atoms with Gasteiger partial charge in [0.15, 0.2) is 5.82 Å². The summed E-state index contributed by atoms with van der Waals surface area (Å²) in [5.41, 5.74) is 0.558. The van der Waals surface area contributed by atoms with Crippen LogP contribution in [0.2, 0.25) is 0 Å². The molecule has 0 aromatic carbocycles. The molecule has 0 unspecified atom stereocenters. The van der Waals surface area contributed by atoms with Crippen LogP contribution in [0.25, 0.3) is 0 Å². The number of thiophene rings is 1. The molecule has 0 saturated carbocycles. The maximum Gasteiger partial charge on any atom is 0.328 e. The van der Waals surface area contributed by atoms with Gasteiger partial charge in [-0.3, -0.25) is 10.1 Å². The summed E-state index contributed by atoms with van der Waals surface area (Å²) in [4.78, 5) is 16.2. The fourth-order valence-corrected chi connectivity index (χ4v) is 1.96. The number of aryl methyl sites for hydroxylation is 1. The van der Waals surface area contributed by atoms with Crippen molar-refractivity contribution < 1.29 is 14.4 Å². The van der Waals surface area contributed by atoms with Crippen LogP contribution in [0.4, 0.5) is 6.01 Å². The molecule has 0 radical (unpaired) electrons. The van der Waals surface area contributed by atoms with Crippen LogP contribution in [0.15, 0.2) is 16.0 Å². The number of aliphatic hydroxyl groups excluding tert-OH is 1. The monoisotopic (exact) mass is 263 g/mol. The normalized spacial score (nSPS) is 9.67. The van der Waals surface area contributed by atoms with E-state index >= 15 is 0 Å². The molecule has 0 saturated heterocycles. The Labute approximate surface area is 107 Å². The summed E-state index contributed by atoms with van der Waals surface area (Å²) in [6.07, 6.45) is 0. The molecule has 2 N–H and O–H groups in total. The summed E-state index contributed by atoms with van der Waals surface area (Å²) >= 11 is 1.25. The van der Waals surface area contributed by atoms with Crippen molar-refractivity contribution in [2.45, 2.75) is 6.92 Å². The summed E-state index contributed by atoms with van der Waals surface area (Å²) in [5, 5.41) is 16.4. The van der Waals surface area contributed by atoms with Crippen LogP contribution >= 0.6 is 11.3 Å². The first-order valence-electron chi connectivity index (χ1n) is 4.99. The van der Waals surface area contributed by atoms with Crippen molar-refractivity contribution in [3.63, 3.8) is 0 Å². The van der Waals surface area contributed by atoms with Gasteiger partial charge in [-0.15, -0.1) is 11.3 Å². The molecule has 18 heavy (non-hydrogen) atoms. The van der Waals surface area contributed by atoms with Crippen LogP contribution in [0.5, 0.6) is 0 Å². The molecule has 2 heterocycles. The Morgan fingerprint density at radius 2 is 2.50 bits per heavy atom. The molecule has 7 heteroatoms. The Kier molecular flexibility index (Phi) is 3.72. The van der Waals surface area contributed by atoms with Crippen LogP contribution in [0, 0.1) is 18.8 Å². The molecule has 2 rings (SSSR count). The second-order valence-electron chi connectivity index (χ2n) is 3.22. The first-order chi connectivity index (χ1) is 8.70. The van der Waals surface area contributed by atoms with Gasteiger partial charge in [0.05, 0.1) is 0 Å². The van der Waals surface area contributed by atoms with E-state index in [0.717, 1.165) is 0 Å². The Balaban J connectivity index is 2.16. The highest BCUT2D eigenvalue weighted by Gasteiger charge is 2.14. The number of rotatable bonds is 2. The van der Waals surface area contributed by atoms with Gasteiger partial charge in [-0.1, -0.05) is 17.0 Å². The van der Waals surface area contributed by atoms with Gasteiger partial charge in [0, 0.05) is 5.56 Å². The zero-order valence-corrected chi connectivity index (χ0v) is 10.2. The minimum atomic E-state index is -0.365. The van der Waals surface area contributed by atoms with Crippen LogP contribution in [-0.2, 0) is 0 Å². The van der Waals surface area contributed by atoms with E-state index in [4.69, 9.17) is 9.63 Å². The number of hydrogen-bond acceptors (Lipinski definition) is 6. The van der Waals surface area contributed by atoms with E-state index < -0.39 is 0 Å². The second-order valence-corrected chi connectivity index (χ2v) is 4.14. The quantitative estimate of drug-likeness (QED) is 0.790. The molecule has 0 spiro atoms. The molecule has 0 fully saturated rings. The summed E-state index contributed by atoms with van der Waals surface area (Å²) in [5.74, 6) is 5.27. The highest BCUT2D eigenvalue weighted by atomic mass is 32.1. The lowest BCUT2D eigenvalue weighted by molar-refractivity contribution is 0.102. The third-order valence-electron chi connectivity index (χ3n) is 1.92. The van der Waals surface area contributed by atoms with Gasteiger partial charge in [0.25, 0.3) is 5.91 Å². The van der Waals surface area contributed by atoms with Gasteiger partial charge < -0.3 is 9.63 Å². The number of aromatic nitrogens is 2. The largest absolute Gasteiger partial charge is 0.384 e. The maximum atomic E-state index is 11.9. The van der Waals surface area contributed by atoms with Crippen LogP contribution in [0.3, 0.4) is 0 Å². The van der Waals surface area contributed by atoms with Crippen molar-refractivity contribution in [3.05, 3.63) is 27.7 Å². The number of carbonyl (C=O) groups is 1. The lowest BCUT2D eigenvalue weighted by Gasteiger charge is -1.97. The molecular formula is C11H9N3O3S. The molecule has 0 aliphatic carbocycles. The number of anilines is 1. The Morgan fingerprint density at radius 1 is 1.67 bits per heavy atom.